The molecule has 0 aliphatic carbocycles. The van der Waals surface area contributed by atoms with Gasteiger partial charge in [0.2, 0.25) is 0 Å². The van der Waals surface area contributed by atoms with Crippen molar-refractivity contribution < 1.29 is 33.4 Å². The number of amides is 5. The number of nitrogens with zero attached hydrogens (tertiary/aromatic N) is 5. The molecule has 16 heteroatoms. The maximum Gasteiger partial charge on any atom is 0.407 e. The number of carbonyl (C=O) groups excluding carboxylic acids is 5. The number of aromatic nitrogens is 4. The van der Waals surface area contributed by atoms with E-state index in [1.165, 1.54) is 14.2 Å². The number of ether oxygens (including phenoxy) is 2. The minimum atomic E-state index is -0.910. The van der Waals surface area contributed by atoms with Crippen LogP contribution in [-0.4, -0.2) is 93.5 Å². The number of alkyl carbamates (subject to hydrolysis) is 2. The van der Waals surface area contributed by atoms with Gasteiger partial charge in [0.15, 0.2) is 0 Å². The lowest BCUT2D eigenvalue weighted by atomic mass is 9.95. The molecule has 9 rings (SSSR count). The molecule has 65 heavy (non-hydrogen) atoms. The van der Waals surface area contributed by atoms with E-state index in [1.54, 1.807) is 51.4 Å². The molecule has 0 bridgehead atoms. The predicted octanol–water partition coefficient (Wildman–Crippen LogP) is 7.19. The van der Waals surface area contributed by atoms with E-state index < -0.39 is 24.3 Å². The van der Waals surface area contributed by atoms with Crippen molar-refractivity contribution in [1.29, 1.82) is 0 Å². The van der Waals surface area contributed by atoms with Crippen molar-refractivity contribution in [3.63, 3.8) is 0 Å². The van der Waals surface area contributed by atoms with Crippen LogP contribution in [0.5, 0.6) is 0 Å². The molecule has 4 unspecified atom stereocenters. The number of likely N-dealkylation sites (tertiary alicyclic amines) is 2. The maximum absolute atomic E-state index is 14.0. The van der Waals surface area contributed by atoms with Crippen LogP contribution in [0.15, 0.2) is 116 Å². The summed E-state index contributed by atoms with van der Waals surface area (Å²) in [5.74, 6) is 0.747. The summed E-state index contributed by atoms with van der Waals surface area (Å²) in [5, 5.41) is 5.41. The Balaban J connectivity index is 0.859. The van der Waals surface area contributed by atoms with E-state index in [0.29, 0.717) is 60.8 Å². The summed E-state index contributed by atoms with van der Waals surface area (Å²) in [4.78, 5) is 88.0. The van der Waals surface area contributed by atoms with Gasteiger partial charge in [-0.2, -0.15) is 0 Å². The van der Waals surface area contributed by atoms with Crippen molar-refractivity contribution in [2.45, 2.75) is 56.3 Å². The van der Waals surface area contributed by atoms with Gasteiger partial charge < -0.3 is 44.8 Å². The molecule has 3 aliphatic rings. The van der Waals surface area contributed by atoms with Crippen molar-refractivity contribution in [2.24, 2.45) is 0 Å². The average molecular weight is 876 g/mol. The summed E-state index contributed by atoms with van der Waals surface area (Å²) in [7, 11) is 2.54. The van der Waals surface area contributed by atoms with Crippen LogP contribution in [0.3, 0.4) is 0 Å². The van der Waals surface area contributed by atoms with Gasteiger partial charge in [-0.25, -0.2) is 19.6 Å². The number of nitrogens with one attached hydrogen (secondary N) is 4. The molecule has 5 amide bonds. The first-order valence-corrected chi connectivity index (χ1v) is 21.8. The molecular weight excluding hydrogens is 827 g/mol. The van der Waals surface area contributed by atoms with Gasteiger partial charge in [-0.1, -0.05) is 78.9 Å². The molecule has 4 N–H and O–H groups in total. The molecule has 2 saturated heterocycles. The van der Waals surface area contributed by atoms with E-state index in [1.807, 2.05) is 78.9 Å². The van der Waals surface area contributed by atoms with Crippen molar-refractivity contribution in [3.05, 3.63) is 149 Å². The fourth-order valence-corrected chi connectivity index (χ4v) is 9.21. The van der Waals surface area contributed by atoms with Crippen molar-refractivity contribution >= 4 is 35.6 Å². The van der Waals surface area contributed by atoms with Crippen LogP contribution >= 0.6 is 0 Å². The minimum Gasteiger partial charge on any atom is -0.453 e. The third-order valence-corrected chi connectivity index (χ3v) is 12.5. The van der Waals surface area contributed by atoms with Gasteiger partial charge in [0.05, 0.1) is 50.1 Å². The van der Waals surface area contributed by atoms with Gasteiger partial charge >= 0.3 is 12.2 Å². The number of rotatable bonds is 11. The Hall–Kier alpha value is -7.75. The molecule has 6 aromatic rings. The number of fused-ring (bicyclic) bond motifs is 1. The van der Waals surface area contributed by atoms with E-state index in [9.17, 15) is 24.0 Å². The number of aromatic amines is 2. The number of anilines is 1. The number of imidazole rings is 2. The van der Waals surface area contributed by atoms with E-state index >= 15 is 0 Å². The predicted molar refractivity (Wildman–Crippen MR) is 240 cm³/mol. The lowest BCUT2D eigenvalue weighted by Gasteiger charge is -2.29. The minimum absolute atomic E-state index is 0.0881. The second-order valence-electron chi connectivity index (χ2n) is 16.3. The summed E-state index contributed by atoms with van der Waals surface area (Å²) in [6, 6.07) is 29.4. The van der Waals surface area contributed by atoms with Crippen LogP contribution in [-0.2, 0) is 25.5 Å². The van der Waals surface area contributed by atoms with Crippen LogP contribution in [0.1, 0.15) is 88.5 Å². The molecule has 16 nitrogen and oxygen atoms in total. The number of carbonyl (C=O) groups is 5. The largest absolute Gasteiger partial charge is 0.453 e. The second-order valence-corrected chi connectivity index (χ2v) is 16.3. The first-order chi connectivity index (χ1) is 31.7. The highest BCUT2D eigenvalue weighted by Crippen LogP contribution is 2.37. The first kappa shape index (κ1) is 42.5. The topological polar surface area (TPSA) is 195 Å². The lowest BCUT2D eigenvalue weighted by molar-refractivity contribution is -0.135. The van der Waals surface area contributed by atoms with Crippen LogP contribution in [0, 0.1) is 0 Å². The van der Waals surface area contributed by atoms with Crippen LogP contribution in [0.4, 0.5) is 15.3 Å². The SMILES string of the molecule is COC(=O)NC(C(=O)N1CCCC1c1ncc(-c2ccc(N3CCc4cc(-c5cnc(C6CCCN6C(=O)C(NC(=O)OC)c6ccccc6)[nH]5)ccc4C3=O)cc2)[nH]1)c1ccccc1. The molecule has 5 heterocycles. The van der Waals surface area contributed by atoms with E-state index in [-0.39, 0.29) is 29.8 Å². The summed E-state index contributed by atoms with van der Waals surface area (Å²) < 4.78 is 9.66. The number of hydrogen-bond acceptors (Lipinski definition) is 9. The Morgan fingerprint density at radius 3 is 1.65 bits per heavy atom. The van der Waals surface area contributed by atoms with Gasteiger partial charge in [0.1, 0.15) is 23.7 Å². The monoisotopic (exact) mass is 875 g/mol. The first-order valence-electron chi connectivity index (χ1n) is 21.8. The zero-order chi connectivity index (χ0) is 45.0. The van der Waals surface area contributed by atoms with E-state index in [2.05, 4.69) is 25.6 Å². The number of benzene rings is 4. The van der Waals surface area contributed by atoms with Crippen molar-refractivity contribution in [1.82, 2.24) is 40.4 Å². The second kappa shape index (κ2) is 18.5. The summed E-state index contributed by atoms with van der Waals surface area (Å²) in [5.41, 5.74) is 6.99. The zero-order valence-electron chi connectivity index (χ0n) is 36.0. The van der Waals surface area contributed by atoms with Gasteiger partial charge in [-0.05, 0) is 84.2 Å². The Kier molecular flexibility index (Phi) is 12.1. The van der Waals surface area contributed by atoms with Gasteiger partial charge in [0.25, 0.3) is 17.7 Å². The third kappa shape index (κ3) is 8.66. The van der Waals surface area contributed by atoms with Crippen molar-refractivity contribution in [3.8, 4) is 22.5 Å². The number of hydrogen-bond donors (Lipinski definition) is 4. The Labute approximate surface area is 375 Å². The Bertz CT molecular complexity index is 2700. The van der Waals surface area contributed by atoms with Crippen LogP contribution in [0.25, 0.3) is 22.5 Å². The molecule has 2 fully saturated rings. The number of H-pyrrole nitrogens is 2. The highest BCUT2D eigenvalue weighted by atomic mass is 16.5. The molecule has 0 spiro atoms. The molecule has 4 atom stereocenters. The summed E-state index contributed by atoms with van der Waals surface area (Å²) in [6.07, 6.45) is 5.80. The Morgan fingerprint density at radius 1 is 0.646 bits per heavy atom. The highest BCUT2D eigenvalue weighted by Gasteiger charge is 2.39. The molecule has 0 radical (unpaired) electrons. The molecule has 332 valence electrons. The fourth-order valence-electron chi connectivity index (χ4n) is 9.21. The maximum atomic E-state index is 14.0. The smallest absolute Gasteiger partial charge is 0.407 e. The lowest BCUT2D eigenvalue weighted by Crippen LogP contribution is -2.42. The number of methoxy groups -OCH3 is 2. The van der Waals surface area contributed by atoms with Crippen molar-refractivity contribution in [2.75, 3.05) is 38.8 Å². The average Bonchev–Trinajstić information content (AvgIpc) is 4.20. The zero-order valence-corrected chi connectivity index (χ0v) is 36.0. The standard InChI is InChI=1S/C49H49N9O7/c1-64-48(62)54-41(31-11-5-3-6-12-31)46(60)57-24-9-15-39(57)43-50-28-37(52-43)30-17-20-35(21-18-30)56-26-23-33-27-34(19-22-36(33)45(56)59)38-29-51-44(53-38)40-16-10-25-58(40)47(61)42(55-49(63)65-2)32-13-7-4-8-14-32/h3-8,11-14,17-22,27-29,39-42H,9-10,15-16,23-26H2,1-2H3,(H,50,52)(H,51,53)(H,54,62)(H,55,63). The van der Waals surface area contributed by atoms with Gasteiger partial charge in [-0.15, -0.1) is 0 Å². The molecular formula is C49H49N9O7. The highest BCUT2D eigenvalue weighted by molar-refractivity contribution is 6.08. The molecule has 4 aromatic carbocycles. The normalized spacial score (nSPS) is 17.9. The summed E-state index contributed by atoms with van der Waals surface area (Å²) in [6.45, 7) is 1.55. The summed E-state index contributed by atoms with van der Waals surface area (Å²) >= 11 is 0. The van der Waals surface area contributed by atoms with E-state index in [0.717, 1.165) is 53.0 Å². The van der Waals surface area contributed by atoms with Gasteiger partial charge in [0, 0.05) is 30.9 Å². The van der Waals surface area contributed by atoms with Gasteiger partial charge in [-0.3, -0.25) is 14.4 Å². The molecule has 3 aliphatic heterocycles. The van der Waals surface area contributed by atoms with E-state index in [4.69, 9.17) is 14.5 Å². The molecule has 0 saturated carbocycles. The quantitative estimate of drug-likeness (QED) is 0.104. The van der Waals surface area contributed by atoms with Crippen LogP contribution in [0.2, 0.25) is 0 Å². The fraction of sp³-hybridized carbons (Fsp3) is 0.286. The Morgan fingerprint density at radius 2 is 1.14 bits per heavy atom. The van der Waals surface area contributed by atoms with Crippen LogP contribution < -0.4 is 15.5 Å². The molecule has 2 aromatic heterocycles. The third-order valence-electron chi connectivity index (χ3n) is 12.5.